The van der Waals surface area contributed by atoms with Crippen LogP contribution >= 0.6 is 0 Å². The molecule has 1 aliphatic heterocycles. The molecule has 1 aromatic rings. The van der Waals surface area contributed by atoms with Crippen LogP contribution in [0.5, 0.6) is 5.88 Å². The fourth-order valence-electron chi connectivity index (χ4n) is 2.90. The van der Waals surface area contributed by atoms with Crippen LogP contribution in [0.15, 0.2) is 5.28 Å². The van der Waals surface area contributed by atoms with E-state index >= 15 is 0 Å². The van der Waals surface area contributed by atoms with E-state index in [2.05, 4.69) is 20.5 Å². The summed E-state index contributed by atoms with van der Waals surface area (Å²) in [5.41, 5.74) is 10.4. The maximum Gasteiger partial charge on any atom is 0.229 e. The van der Waals surface area contributed by atoms with E-state index in [0.29, 0.717) is 18.2 Å². The van der Waals surface area contributed by atoms with Gasteiger partial charge < -0.3 is 14.9 Å². The molecule has 2 aliphatic rings. The van der Waals surface area contributed by atoms with E-state index in [0.717, 1.165) is 55.9 Å². The van der Waals surface area contributed by atoms with Crippen LogP contribution < -0.4 is 10.1 Å². The van der Waals surface area contributed by atoms with Crippen molar-refractivity contribution in [3.8, 4) is 11.9 Å². The largest absolute Gasteiger partial charge is 0.469 e. The van der Waals surface area contributed by atoms with E-state index in [1.165, 1.54) is 0 Å². The van der Waals surface area contributed by atoms with Crippen LogP contribution in [0.3, 0.4) is 0 Å². The molecule has 1 N–H and O–H groups in total. The predicted molar refractivity (Wildman–Crippen MR) is 88.6 cm³/mol. The van der Waals surface area contributed by atoms with Crippen LogP contribution in [-0.2, 0) is 17.7 Å². The lowest BCUT2D eigenvalue weighted by molar-refractivity contribution is 0.00275. The van der Waals surface area contributed by atoms with Crippen molar-refractivity contribution >= 4 is 0 Å². The second-order valence-electron chi connectivity index (χ2n) is 6.23. The van der Waals surface area contributed by atoms with Crippen LogP contribution in [0.2, 0.25) is 0 Å². The molecule has 132 valence electrons. The number of hydrogen-bond donors (Lipinski definition) is 1. The Morgan fingerprint density at radius 3 is 2.88 bits per heavy atom. The predicted octanol–water partition coefficient (Wildman–Crippen LogP) is 2.33. The van der Waals surface area contributed by atoms with E-state index < -0.39 is 12.2 Å². The number of azide groups is 1. The second kappa shape index (κ2) is 8.01. The van der Waals surface area contributed by atoms with Crippen molar-refractivity contribution < 1.29 is 9.57 Å². The van der Waals surface area contributed by atoms with Gasteiger partial charge in [0.2, 0.25) is 12.0 Å². The summed E-state index contributed by atoms with van der Waals surface area (Å²) in [7, 11) is 0. The molecule has 1 saturated carbocycles. The molecule has 3 rings (SSSR count). The van der Waals surface area contributed by atoms with Gasteiger partial charge in [-0.3, -0.25) is 0 Å². The van der Waals surface area contributed by atoms with Gasteiger partial charge in [-0.25, -0.2) is 4.98 Å². The monoisotopic (exact) mass is 343 g/mol. The highest BCUT2D eigenvalue weighted by molar-refractivity contribution is 5.34. The van der Waals surface area contributed by atoms with Gasteiger partial charge >= 0.3 is 0 Å². The van der Waals surface area contributed by atoms with Crippen LogP contribution in [0.25, 0.3) is 10.4 Å². The van der Waals surface area contributed by atoms with Gasteiger partial charge in [0.25, 0.3) is 0 Å². The van der Waals surface area contributed by atoms with Crippen LogP contribution in [-0.4, -0.2) is 35.3 Å². The topological polar surface area (TPSA) is 129 Å². The highest BCUT2D eigenvalue weighted by Crippen LogP contribution is 2.39. The fourth-order valence-corrected chi connectivity index (χ4v) is 2.90. The maximum atomic E-state index is 9.29. The second-order valence-corrected chi connectivity index (χ2v) is 6.23. The maximum absolute atomic E-state index is 9.29. The Labute approximate surface area is 145 Å². The Morgan fingerprint density at radius 1 is 1.40 bits per heavy atom. The minimum atomic E-state index is -0.986. The van der Waals surface area contributed by atoms with Gasteiger partial charge in [-0.1, -0.05) is 6.92 Å². The molecule has 1 fully saturated rings. The molecule has 2 atom stereocenters. The lowest BCUT2D eigenvalue weighted by Gasteiger charge is -2.22. The number of rotatable bonds is 7. The van der Waals surface area contributed by atoms with Crippen molar-refractivity contribution in [1.82, 2.24) is 15.3 Å². The van der Waals surface area contributed by atoms with Crippen LogP contribution in [0.4, 0.5) is 0 Å². The molecule has 9 nitrogen and oxygen atoms in total. The molecule has 0 radical (unpaired) electrons. The van der Waals surface area contributed by atoms with Gasteiger partial charge in [0.15, 0.2) is 6.10 Å². The zero-order chi connectivity index (χ0) is 17.6. The number of fused-ring (bicyclic) bond motifs is 1. The Kier molecular flexibility index (Phi) is 5.53. The Balaban J connectivity index is 1.90. The van der Waals surface area contributed by atoms with Gasteiger partial charge in [-0.15, -0.1) is 0 Å². The molecule has 1 aromatic heterocycles. The van der Waals surface area contributed by atoms with Crippen molar-refractivity contribution in [2.45, 2.75) is 57.2 Å². The average Bonchev–Trinajstić information content (AvgIpc) is 3.47. The summed E-state index contributed by atoms with van der Waals surface area (Å²) >= 11 is 0. The number of nitriles is 1. The van der Waals surface area contributed by atoms with Gasteiger partial charge in [0.05, 0.1) is 5.69 Å². The van der Waals surface area contributed by atoms with Crippen molar-refractivity contribution in [3.63, 3.8) is 0 Å². The van der Waals surface area contributed by atoms with Gasteiger partial charge in [0.1, 0.15) is 17.2 Å². The summed E-state index contributed by atoms with van der Waals surface area (Å²) in [5.74, 6) is 1.78. The average molecular weight is 343 g/mol. The molecule has 9 heteroatoms. The van der Waals surface area contributed by atoms with E-state index in [9.17, 15) is 5.26 Å². The lowest BCUT2D eigenvalue weighted by Crippen LogP contribution is -2.32. The third-order valence-corrected chi connectivity index (χ3v) is 4.43. The molecule has 1 aliphatic carbocycles. The van der Waals surface area contributed by atoms with Gasteiger partial charge in [-0.2, -0.15) is 10.2 Å². The van der Waals surface area contributed by atoms with Crippen LogP contribution in [0.1, 0.15) is 49.2 Å². The lowest BCUT2D eigenvalue weighted by atomic mass is 10.1. The smallest absolute Gasteiger partial charge is 0.229 e. The van der Waals surface area contributed by atoms with Crippen molar-refractivity contribution in [2.24, 2.45) is 5.28 Å². The number of nitrogens with zero attached hydrogens (tertiary/aromatic N) is 6. The summed E-state index contributed by atoms with van der Waals surface area (Å²) in [6, 6.07) is 1.98. The summed E-state index contributed by atoms with van der Waals surface area (Å²) in [5, 5.41) is 15.7. The molecule has 0 bridgehead atoms. The summed E-state index contributed by atoms with van der Waals surface area (Å²) in [6.45, 7) is 3.60. The third kappa shape index (κ3) is 4.10. The number of aromatic nitrogens is 2. The molecule has 0 amide bonds. The Bertz CT molecular complexity index is 707. The summed E-state index contributed by atoms with van der Waals surface area (Å²) in [6.07, 6.45) is 2.79. The number of ether oxygens (including phenoxy) is 1. The van der Waals surface area contributed by atoms with E-state index in [-0.39, 0.29) is 0 Å². The van der Waals surface area contributed by atoms with E-state index in [1.54, 1.807) is 0 Å². The molecule has 0 spiro atoms. The summed E-state index contributed by atoms with van der Waals surface area (Å²) < 4.78 is 6.08. The van der Waals surface area contributed by atoms with Gasteiger partial charge in [-0.05, 0) is 37.8 Å². The first-order valence-electron chi connectivity index (χ1n) is 8.63. The number of hydrogen-bond acceptors (Lipinski definition) is 7. The van der Waals surface area contributed by atoms with Crippen LogP contribution in [0, 0.1) is 11.3 Å². The zero-order valence-electron chi connectivity index (χ0n) is 14.2. The molecule has 0 saturated heterocycles. The minimum Gasteiger partial charge on any atom is -0.469 e. The Hall–Kier alpha value is -2.56. The Morgan fingerprint density at radius 2 is 2.20 bits per heavy atom. The first-order valence-corrected chi connectivity index (χ1v) is 8.63. The molecular formula is C16H21N7O2. The van der Waals surface area contributed by atoms with E-state index in [4.69, 9.17) is 20.1 Å². The highest BCUT2D eigenvalue weighted by atomic mass is 16.7. The normalized spacial score (nSPS) is 18.7. The first-order chi connectivity index (χ1) is 12.3. The third-order valence-electron chi connectivity index (χ3n) is 4.43. The molecule has 0 aromatic carbocycles. The quantitative estimate of drug-likeness (QED) is 0.350. The zero-order valence-corrected chi connectivity index (χ0v) is 14.2. The first kappa shape index (κ1) is 17.3. The minimum absolute atomic E-state index is 0.412. The van der Waals surface area contributed by atoms with Crippen molar-refractivity contribution in [2.75, 3.05) is 13.1 Å². The molecule has 2 heterocycles. The van der Waals surface area contributed by atoms with Crippen molar-refractivity contribution in [1.29, 1.82) is 5.26 Å². The summed E-state index contributed by atoms with van der Waals surface area (Å²) in [4.78, 5) is 16.8. The molecule has 2 unspecified atom stereocenters. The van der Waals surface area contributed by atoms with E-state index in [1.807, 2.05) is 13.0 Å². The highest BCUT2D eigenvalue weighted by Gasteiger charge is 2.31. The molecular weight excluding hydrogens is 322 g/mol. The standard InChI is InChI=1S/C16H21N7O2/c1-2-13(14(9-17)25-23-22-18)24-16-11-5-7-19-8-6-12(11)20-15(21-16)10-3-4-10/h10,13-14,19H,2-8H2,1H3. The van der Waals surface area contributed by atoms with Crippen molar-refractivity contribution in [3.05, 3.63) is 27.5 Å². The SMILES string of the molecule is CCC(Oc1nc(C2CC2)nc2c1CCNCC2)C(C#N)ON=[N+]=[N-]. The van der Waals surface area contributed by atoms with Gasteiger partial charge in [0, 0.05) is 29.4 Å². The number of nitrogens with one attached hydrogen (secondary N) is 1. The molecule has 25 heavy (non-hydrogen) atoms. The fraction of sp³-hybridized carbons (Fsp3) is 0.688.